The molecular weight excluding hydrogens is 727 g/mol. The van der Waals surface area contributed by atoms with Gasteiger partial charge in [-0.3, -0.25) is 4.99 Å². The van der Waals surface area contributed by atoms with Gasteiger partial charge in [0.05, 0.1) is 11.4 Å². The lowest BCUT2D eigenvalue weighted by Crippen LogP contribution is -2.04. The molecule has 0 saturated carbocycles. The Labute approximate surface area is 344 Å². The van der Waals surface area contributed by atoms with Crippen LogP contribution in [-0.4, -0.2) is 17.3 Å². The molecule has 0 radical (unpaired) electrons. The van der Waals surface area contributed by atoms with E-state index in [-0.39, 0.29) is 0 Å². The number of amidine groups is 1. The number of aliphatic imine (C=N–C) groups is 3. The summed E-state index contributed by atoms with van der Waals surface area (Å²) in [7, 11) is 0. The Morgan fingerprint density at radius 3 is 1.88 bits per heavy atom. The normalized spacial score (nSPS) is 12.2. The largest absolute Gasteiger partial charge is 0.457 e. The van der Waals surface area contributed by atoms with Crippen LogP contribution >= 0.6 is 11.3 Å². The minimum absolute atomic E-state index is 0.619. The topological polar surface area (TPSA) is 46.3 Å². The molecule has 0 unspecified atom stereocenters. The molecule has 0 fully saturated rings. The summed E-state index contributed by atoms with van der Waals surface area (Å²) in [6, 6.07) is 56.0. The number of hydrogen-bond acceptors (Lipinski definition) is 4. The predicted octanol–water partition coefficient (Wildman–Crippen LogP) is 14.5. The van der Waals surface area contributed by atoms with E-state index in [1.807, 2.05) is 85.8 Å². The third-order valence-electron chi connectivity index (χ3n) is 10.3. The highest BCUT2D eigenvalue weighted by Gasteiger charge is 2.16. The summed E-state index contributed by atoms with van der Waals surface area (Å²) in [4.78, 5) is 15.0. The zero-order valence-electron chi connectivity index (χ0n) is 33.2. The van der Waals surface area contributed by atoms with Gasteiger partial charge in [0.25, 0.3) is 0 Å². The second-order valence-electron chi connectivity index (χ2n) is 14.3. The number of nitrogens with zero attached hydrogens (tertiary/aromatic N) is 3. The standard InChI is InChI=1S/C53H43N3OS/c1-34-17-13-14-26-50(34)57-39(6)45-22-15-24-47-48-25-16-23-46(52(48)58-51(45)47)42-29-27-41(28-30-42)36(3)54-49-32-31-44(33-35(49)2)38(5)56-53(43-20-11-8-12-21-43)55-37(4)40-18-9-7-10-19-40/h7-33H,4,6H2,1-3,5H3/b54-36+,55-53-,56-38+. The fraction of sp³-hybridized carbons (Fsp3) is 0.0755. The van der Waals surface area contributed by atoms with E-state index in [1.165, 1.54) is 25.7 Å². The number of hydrogen-bond donors (Lipinski definition) is 0. The van der Waals surface area contributed by atoms with Crippen LogP contribution in [-0.2, 0) is 0 Å². The lowest BCUT2D eigenvalue weighted by atomic mass is 10.00. The Kier molecular flexibility index (Phi) is 10.9. The van der Waals surface area contributed by atoms with Crippen molar-refractivity contribution in [3.05, 3.63) is 216 Å². The second kappa shape index (κ2) is 16.6. The minimum Gasteiger partial charge on any atom is -0.457 e. The molecule has 1 heterocycles. The van der Waals surface area contributed by atoms with Crippen LogP contribution in [0, 0.1) is 13.8 Å². The van der Waals surface area contributed by atoms with E-state index < -0.39 is 0 Å². The molecule has 0 aliphatic carbocycles. The highest BCUT2D eigenvalue weighted by molar-refractivity contribution is 7.26. The van der Waals surface area contributed by atoms with Gasteiger partial charge in [0.1, 0.15) is 11.5 Å². The van der Waals surface area contributed by atoms with Crippen molar-refractivity contribution in [2.75, 3.05) is 0 Å². The summed E-state index contributed by atoms with van der Waals surface area (Å²) in [5.74, 6) is 2.09. The number of ether oxygens (including phenoxy) is 1. The van der Waals surface area contributed by atoms with Gasteiger partial charge in [-0.05, 0) is 90.9 Å². The molecule has 0 saturated heterocycles. The van der Waals surface area contributed by atoms with Crippen molar-refractivity contribution in [2.45, 2.75) is 27.7 Å². The van der Waals surface area contributed by atoms with Gasteiger partial charge in [-0.15, -0.1) is 11.3 Å². The Hall–Kier alpha value is -6.95. The Bertz CT molecular complexity index is 2920. The number of rotatable bonds is 10. The first-order valence-corrected chi connectivity index (χ1v) is 20.1. The quantitative estimate of drug-likeness (QED) is 0.0776. The summed E-state index contributed by atoms with van der Waals surface area (Å²) in [6.07, 6.45) is 0. The van der Waals surface area contributed by atoms with Crippen LogP contribution in [0.5, 0.6) is 5.75 Å². The first-order valence-electron chi connectivity index (χ1n) is 19.3. The Morgan fingerprint density at radius 2 is 1.17 bits per heavy atom. The first kappa shape index (κ1) is 37.9. The van der Waals surface area contributed by atoms with E-state index >= 15 is 0 Å². The van der Waals surface area contributed by atoms with Crippen LogP contribution in [0.3, 0.4) is 0 Å². The predicted molar refractivity (Wildman–Crippen MR) is 249 cm³/mol. The monoisotopic (exact) mass is 769 g/mol. The van der Waals surface area contributed by atoms with Gasteiger partial charge in [-0.2, -0.15) is 0 Å². The summed E-state index contributed by atoms with van der Waals surface area (Å²) in [5, 5.41) is 2.43. The average molecular weight is 770 g/mol. The lowest BCUT2D eigenvalue weighted by Gasteiger charge is -2.11. The van der Waals surface area contributed by atoms with Gasteiger partial charge in [0.2, 0.25) is 0 Å². The number of thiophene rings is 1. The van der Waals surface area contributed by atoms with Crippen LogP contribution in [0.2, 0.25) is 0 Å². The fourth-order valence-electron chi connectivity index (χ4n) is 7.06. The lowest BCUT2D eigenvalue weighted by molar-refractivity contribution is 0.513. The molecule has 0 atom stereocenters. The molecule has 8 aromatic rings. The molecule has 7 aromatic carbocycles. The van der Waals surface area contributed by atoms with Gasteiger partial charge in [0.15, 0.2) is 5.84 Å². The summed E-state index contributed by atoms with van der Waals surface area (Å²) in [6.45, 7) is 16.8. The second-order valence-corrected chi connectivity index (χ2v) is 15.4. The van der Waals surface area contributed by atoms with Crippen LogP contribution in [0.25, 0.3) is 42.8 Å². The van der Waals surface area contributed by atoms with Gasteiger partial charge in [-0.25, -0.2) is 9.98 Å². The molecule has 0 aliphatic heterocycles. The maximum atomic E-state index is 6.29. The number of benzene rings is 7. The molecule has 0 N–H and O–H groups in total. The molecule has 0 aliphatic rings. The zero-order valence-corrected chi connectivity index (χ0v) is 34.0. The van der Waals surface area contributed by atoms with E-state index in [0.717, 1.165) is 67.4 Å². The molecule has 1 aromatic heterocycles. The van der Waals surface area contributed by atoms with Crippen LogP contribution in [0.15, 0.2) is 192 Å². The fourth-order valence-corrected chi connectivity index (χ4v) is 8.42. The molecular formula is C53H43N3OS. The van der Waals surface area contributed by atoms with Crippen molar-refractivity contribution < 1.29 is 4.74 Å². The van der Waals surface area contributed by atoms with Gasteiger partial charge >= 0.3 is 0 Å². The molecule has 4 nitrogen and oxygen atoms in total. The Morgan fingerprint density at radius 1 is 0.534 bits per heavy atom. The Balaban J connectivity index is 1.04. The molecule has 8 rings (SSSR count). The molecule has 5 heteroatoms. The number of aryl methyl sites for hydroxylation is 2. The number of fused-ring (bicyclic) bond motifs is 3. The first-order chi connectivity index (χ1) is 28.2. The molecule has 282 valence electrons. The third-order valence-corrected chi connectivity index (χ3v) is 11.6. The zero-order chi connectivity index (χ0) is 40.2. The van der Waals surface area contributed by atoms with Crippen molar-refractivity contribution in [2.24, 2.45) is 15.0 Å². The van der Waals surface area contributed by atoms with E-state index in [4.69, 9.17) is 19.7 Å². The van der Waals surface area contributed by atoms with Crippen molar-refractivity contribution in [1.82, 2.24) is 0 Å². The van der Waals surface area contributed by atoms with Crippen LogP contribution in [0.4, 0.5) is 5.69 Å². The van der Waals surface area contributed by atoms with E-state index in [2.05, 4.69) is 119 Å². The number of para-hydroxylation sites is 1. The van der Waals surface area contributed by atoms with Crippen molar-refractivity contribution in [1.29, 1.82) is 0 Å². The summed E-state index contributed by atoms with van der Waals surface area (Å²) >= 11 is 1.79. The molecule has 0 spiro atoms. The van der Waals surface area contributed by atoms with E-state index in [9.17, 15) is 0 Å². The van der Waals surface area contributed by atoms with E-state index in [1.54, 1.807) is 11.3 Å². The smallest absolute Gasteiger partial charge is 0.160 e. The van der Waals surface area contributed by atoms with Crippen LogP contribution in [0.1, 0.15) is 52.8 Å². The summed E-state index contributed by atoms with van der Waals surface area (Å²) < 4.78 is 8.71. The van der Waals surface area contributed by atoms with Crippen LogP contribution < -0.4 is 4.74 Å². The van der Waals surface area contributed by atoms with E-state index in [0.29, 0.717) is 17.3 Å². The molecule has 0 amide bonds. The van der Waals surface area contributed by atoms with Crippen molar-refractivity contribution in [3.8, 4) is 16.9 Å². The molecule has 0 bridgehead atoms. The SMILES string of the molecule is C=C(/N=C(\N=C(/C)c1ccc(/N=C(\C)c2ccc(-c3cccc4c3sc3c(C(=C)Oc5ccccc5C)cccc34)cc2)c(C)c1)c1ccccc1)c1ccccc1. The van der Waals surface area contributed by atoms with Gasteiger partial charge in [-0.1, -0.05) is 153 Å². The van der Waals surface area contributed by atoms with Gasteiger partial charge < -0.3 is 4.74 Å². The highest BCUT2D eigenvalue weighted by atomic mass is 32.1. The maximum Gasteiger partial charge on any atom is 0.160 e. The third kappa shape index (κ3) is 7.99. The van der Waals surface area contributed by atoms with Crippen molar-refractivity contribution in [3.63, 3.8) is 0 Å². The van der Waals surface area contributed by atoms with Gasteiger partial charge in [0, 0.05) is 42.7 Å². The molecule has 58 heavy (non-hydrogen) atoms. The average Bonchev–Trinajstić information content (AvgIpc) is 3.65. The maximum absolute atomic E-state index is 6.29. The van der Waals surface area contributed by atoms with Crippen molar-refractivity contribution >= 4 is 65.9 Å². The minimum atomic E-state index is 0.619. The summed E-state index contributed by atoms with van der Waals surface area (Å²) in [5.41, 5.74) is 12.9. The highest BCUT2D eigenvalue weighted by Crippen LogP contribution is 2.43.